The Labute approximate surface area is 113 Å². The Bertz CT molecular complexity index is 419. The quantitative estimate of drug-likeness (QED) is 0.615. The first-order valence-corrected chi connectivity index (χ1v) is 6.87. The van der Waals surface area contributed by atoms with Gasteiger partial charge in [0.1, 0.15) is 11.6 Å². The Hall–Kier alpha value is -1.85. The van der Waals surface area contributed by atoms with Crippen molar-refractivity contribution in [2.45, 2.75) is 26.2 Å². The molecule has 1 aromatic heterocycles. The minimum atomic E-state index is 0.172. The van der Waals surface area contributed by atoms with Gasteiger partial charge >= 0.3 is 0 Å². The van der Waals surface area contributed by atoms with E-state index in [-0.39, 0.29) is 11.8 Å². The highest BCUT2D eigenvalue weighted by molar-refractivity contribution is 5.80. The predicted molar refractivity (Wildman–Crippen MR) is 75.0 cm³/mol. The highest BCUT2D eigenvalue weighted by Gasteiger charge is 2.28. The Morgan fingerprint density at radius 1 is 1.21 bits per heavy atom. The third-order valence-corrected chi connectivity index (χ3v) is 2.87. The molecule has 0 aliphatic heterocycles. The summed E-state index contributed by atoms with van der Waals surface area (Å²) in [7, 11) is 0. The van der Waals surface area contributed by atoms with Crippen LogP contribution in [0.2, 0.25) is 0 Å². The molecule has 19 heavy (non-hydrogen) atoms. The van der Waals surface area contributed by atoms with Gasteiger partial charge in [0.15, 0.2) is 0 Å². The maximum absolute atomic E-state index is 11.4. The van der Waals surface area contributed by atoms with Crippen LogP contribution in [0.1, 0.15) is 26.2 Å². The van der Waals surface area contributed by atoms with Gasteiger partial charge in [-0.2, -0.15) is 0 Å². The van der Waals surface area contributed by atoms with Crippen LogP contribution in [0.25, 0.3) is 0 Å². The molecule has 1 aliphatic carbocycles. The summed E-state index contributed by atoms with van der Waals surface area (Å²) >= 11 is 0. The van der Waals surface area contributed by atoms with Gasteiger partial charge in [-0.1, -0.05) is 6.92 Å². The number of hydrogen-bond donors (Lipinski definition) is 3. The first kappa shape index (κ1) is 13.6. The smallest absolute Gasteiger partial charge is 0.223 e. The average molecular weight is 263 g/mol. The minimum absolute atomic E-state index is 0.172. The van der Waals surface area contributed by atoms with Crippen LogP contribution in [0.3, 0.4) is 0 Å². The molecule has 6 heteroatoms. The van der Waals surface area contributed by atoms with Crippen molar-refractivity contribution >= 4 is 17.5 Å². The molecule has 1 heterocycles. The molecule has 2 rings (SSSR count). The van der Waals surface area contributed by atoms with E-state index in [1.165, 1.54) is 0 Å². The standard InChI is InChI=1S/C13H21N5O/c1-2-5-15-11-8-14-9-12(18-11)16-6-7-17-13(19)10-3-4-10/h8-10H,2-7H2,1H3,(H,17,19)(H2,15,16,18). The summed E-state index contributed by atoms with van der Waals surface area (Å²) in [6, 6.07) is 0. The zero-order valence-corrected chi connectivity index (χ0v) is 11.3. The van der Waals surface area contributed by atoms with Gasteiger partial charge in [-0.15, -0.1) is 0 Å². The number of anilines is 2. The molecule has 1 aliphatic rings. The molecule has 1 fully saturated rings. The summed E-state index contributed by atoms with van der Waals surface area (Å²) in [6.07, 6.45) is 6.51. The summed E-state index contributed by atoms with van der Waals surface area (Å²) in [4.78, 5) is 19.9. The van der Waals surface area contributed by atoms with Gasteiger partial charge in [0.05, 0.1) is 12.4 Å². The van der Waals surface area contributed by atoms with Crippen molar-refractivity contribution in [2.75, 3.05) is 30.3 Å². The molecule has 3 N–H and O–H groups in total. The fourth-order valence-corrected chi connectivity index (χ4v) is 1.66. The largest absolute Gasteiger partial charge is 0.369 e. The van der Waals surface area contributed by atoms with Gasteiger partial charge in [-0.05, 0) is 19.3 Å². The van der Waals surface area contributed by atoms with E-state index in [1.807, 2.05) is 0 Å². The second-order valence-corrected chi connectivity index (χ2v) is 4.71. The van der Waals surface area contributed by atoms with Crippen LogP contribution in [0.15, 0.2) is 12.4 Å². The van der Waals surface area contributed by atoms with Crippen molar-refractivity contribution in [3.8, 4) is 0 Å². The van der Waals surface area contributed by atoms with Crippen LogP contribution in [-0.2, 0) is 4.79 Å². The molecule has 0 bridgehead atoms. The summed E-state index contributed by atoms with van der Waals surface area (Å²) in [5.74, 6) is 1.93. The lowest BCUT2D eigenvalue weighted by molar-refractivity contribution is -0.122. The fraction of sp³-hybridized carbons (Fsp3) is 0.615. The molecular formula is C13H21N5O. The van der Waals surface area contributed by atoms with Crippen molar-refractivity contribution in [2.24, 2.45) is 5.92 Å². The van der Waals surface area contributed by atoms with Crippen molar-refractivity contribution in [1.29, 1.82) is 0 Å². The molecule has 0 unspecified atom stereocenters. The van der Waals surface area contributed by atoms with Crippen molar-refractivity contribution in [1.82, 2.24) is 15.3 Å². The maximum atomic E-state index is 11.4. The molecule has 6 nitrogen and oxygen atoms in total. The number of aromatic nitrogens is 2. The number of nitrogens with zero attached hydrogens (tertiary/aromatic N) is 2. The van der Waals surface area contributed by atoms with E-state index >= 15 is 0 Å². The molecule has 1 aromatic rings. The molecule has 0 saturated heterocycles. The maximum Gasteiger partial charge on any atom is 0.223 e. The summed E-state index contributed by atoms with van der Waals surface area (Å²) in [5.41, 5.74) is 0. The lowest BCUT2D eigenvalue weighted by Gasteiger charge is -2.08. The number of carbonyl (C=O) groups excluding carboxylic acids is 1. The predicted octanol–water partition coefficient (Wildman–Crippen LogP) is 1.24. The Morgan fingerprint density at radius 3 is 2.53 bits per heavy atom. The fourth-order valence-electron chi connectivity index (χ4n) is 1.66. The molecule has 0 atom stereocenters. The second kappa shape index (κ2) is 6.92. The molecule has 1 amide bonds. The van der Waals surface area contributed by atoms with Crippen molar-refractivity contribution < 1.29 is 4.79 Å². The molecule has 1 saturated carbocycles. The van der Waals surface area contributed by atoms with E-state index in [2.05, 4.69) is 32.8 Å². The second-order valence-electron chi connectivity index (χ2n) is 4.71. The summed E-state index contributed by atoms with van der Waals surface area (Å²) in [5, 5.41) is 9.23. The lowest BCUT2D eigenvalue weighted by Crippen LogP contribution is -2.30. The number of amides is 1. The Kier molecular flexibility index (Phi) is 4.94. The van der Waals surface area contributed by atoms with Crippen LogP contribution in [-0.4, -0.2) is 35.5 Å². The van der Waals surface area contributed by atoms with Crippen LogP contribution in [0, 0.1) is 5.92 Å². The monoisotopic (exact) mass is 263 g/mol. The number of nitrogens with one attached hydrogen (secondary N) is 3. The molecule has 0 spiro atoms. The summed E-state index contributed by atoms with van der Waals surface area (Å²) < 4.78 is 0. The lowest BCUT2D eigenvalue weighted by atomic mass is 10.4. The minimum Gasteiger partial charge on any atom is -0.369 e. The van der Waals surface area contributed by atoms with E-state index < -0.39 is 0 Å². The van der Waals surface area contributed by atoms with E-state index in [1.54, 1.807) is 12.4 Å². The zero-order chi connectivity index (χ0) is 13.5. The third kappa shape index (κ3) is 4.73. The highest BCUT2D eigenvalue weighted by Crippen LogP contribution is 2.28. The SMILES string of the molecule is CCCNc1cncc(NCCNC(=O)C2CC2)n1. The van der Waals surface area contributed by atoms with Crippen molar-refractivity contribution in [3.05, 3.63) is 12.4 Å². The zero-order valence-electron chi connectivity index (χ0n) is 11.3. The van der Waals surface area contributed by atoms with Gasteiger partial charge in [0.2, 0.25) is 5.91 Å². The number of carbonyl (C=O) groups is 1. The van der Waals surface area contributed by atoms with E-state index in [0.717, 1.165) is 37.4 Å². The Morgan fingerprint density at radius 2 is 1.89 bits per heavy atom. The van der Waals surface area contributed by atoms with Crippen LogP contribution < -0.4 is 16.0 Å². The first-order valence-electron chi connectivity index (χ1n) is 6.87. The van der Waals surface area contributed by atoms with Crippen LogP contribution in [0.4, 0.5) is 11.6 Å². The molecule has 0 aromatic carbocycles. The average Bonchev–Trinajstić information content (AvgIpc) is 3.26. The van der Waals surface area contributed by atoms with Crippen molar-refractivity contribution in [3.63, 3.8) is 0 Å². The van der Waals surface area contributed by atoms with Crippen LogP contribution >= 0.6 is 0 Å². The van der Waals surface area contributed by atoms with E-state index in [9.17, 15) is 4.79 Å². The topological polar surface area (TPSA) is 78.9 Å². The van der Waals surface area contributed by atoms with E-state index in [0.29, 0.717) is 13.1 Å². The van der Waals surface area contributed by atoms with Gasteiger partial charge in [-0.3, -0.25) is 9.78 Å². The van der Waals surface area contributed by atoms with Gasteiger partial charge in [0, 0.05) is 25.6 Å². The van der Waals surface area contributed by atoms with Gasteiger partial charge in [-0.25, -0.2) is 4.98 Å². The molecule has 0 radical (unpaired) electrons. The van der Waals surface area contributed by atoms with Gasteiger partial charge in [0.25, 0.3) is 0 Å². The normalized spacial score (nSPS) is 13.9. The highest BCUT2D eigenvalue weighted by atomic mass is 16.2. The molecule has 104 valence electrons. The number of rotatable bonds is 8. The van der Waals surface area contributed by atoms with E-state index in [4.69, 9.17) is 0 Å². The first-order chi connectivity index (χ1) is 9.29. The third-order valence-electron chi connectivity index (χ3n) is 2.87. The van der Waals surface area contributed by atoms with Crippen LogP contribution in [0.5, 0.6) is 0 Å². The Balaban J connectivity index is 1.68. The summed E-state index contributed by atoms with van der Waals surface area (Å²) in [6.45, 7) is 4.26. The van der Waals surface area contributed by atoms with Gasteiger partial charge < -0.3 is 16.0 Å². The number of hydrogen-bond acceptors (Lipinski definition) is 5. The molecular weight excluding hydrogens is 242 g/mol.